The van der Waals surface area contributed by atoms with Gasteiger partial charge in [0, 0.05) is 15.6 Å². The molecule has 2 aromatic carbocycles. The molecule has 2 N–H and O–H groups in total. The van der Waals surface area contributed by atoms with Crippen LogP contribution >= 0.6 is 34.7 Å². The molecule has 5 heteroatoms. The van der Waals surface area contributed by atoms with Crippen LogP contribution in [0.15, 0.2) is 47.4 Å². The van der Waals surface area contributed by atoms with E-state index in [0.29, 0.717) is 5.02 Å². The van der Waals surface area contributed by atoms with E-state index in [1.807, 2.05) is 30.3 Å². The second-order valence-corrected chi connectivity index (χ2v) is 6.61. The Morgan fingerprint density at radius 1 is 1.21 bits per heavy atom. The average molecular weight is 307 g/mol. The fourth-order valence-electron chi connectivity index (χ4n) is 1.75. The first kappa shape index (κ1) is 12.8. The van der Waals surface area contributed by atoms with Crippen LogP contribution in [0.4, 0.5) is 5.69 Å². The van der Waals surface area contributed by atoms with Gasteiger partial charge in [0.05, 0.1) is 16.0 Å². The van der Waals surface area contributed by atoms with Gasteiger partial charge in [-0.3, -0.25) is 0 Å². The molecule has 0 radical (unpaired) electrons. The van der Waals surface area contributed by atoms with E-state index < -0.39 is 0 Å². The summed E-state index contributed by atoms with van der Waals surface area (Å²) in [5.41, 5.74) is 7.75. The zero-order valence-electron chi connectivity index (χ0n) is 9.97. The first-order valence-electron chi connectivity index (χ1n) is 5.74. The molecule has 3 aromatic rings. The highest BCUT2D eigenvalue weighted by Crippen LogP contribution is 2.32. The normalized spacial score (nSPS) is 11.0. The summed E-state index contributed by atoms with van der Waals surface area (Å²) < 4.78 is 1.22. The molecule has 0 aliphatic rings. The predicted octanol–water partition coefficient (Wildman–Crippen LogP) is 4.82. The molecular weight excluding hydrogens is 296 g/mol. The van der Waals surface area contributed by atoms with E-state index in [9.17, 15) is 0 Å². The summed E-state index contributed by atoms with van der Waals surface area (Å²) in [5.74, 6) is 0.809. The van der Waals surface area contributed by atoms with Crippen molar-refractivity contribution in [1.29, 1.82) is 0 Å². The maximum absolute atomic E-state index is 5.98. The van der Waals surface area contributed by atoms with Gasteiger partial charge in [-0.1, -0.05) is 23.7 Å². The highest BCUT2D eigenvalue weighted by Gasteiger charge is 2.06. The largest absolute Gasteiger partial charge is 0.398 e. The highest BCUT2D eigenvalue weighted by atomic mass is 35.5. The van der Waals surface area contributed by atoms with E-state index in [-0.39, 0.29) is 0 Å². The summed E-state index contributed by atoms with van der Waals surface area (Å²) in [5, 5.41) is 1.81. The van der Waals surface area contributed by atoms with E-state index in [1.165, 1.54) is 4.70 Å². The number of halogens is 1. The number of fused-ring (bicyclic) bond motifs is 1. The summed E-state index contributed by atoms with van der Waals surface area (Å²) in [6, 6.07) is 13.7. The molecule has 0 saturated carbocycles. The molecular formula is C14H11ClN2S2. The highest BCUT2D eigenvalue weighted by molar-refractivity contribution is 7.98. The first-order chi connectivity index (χ1) is 9.22. The SMILES string of the molecule is Nc1ccc(Cl)cc1SCc1nc2ccccc2s1. The van der Waals surface area contributed by atoms with Gasteiger partial charge in [0.2, 0.25) is 0 Å². The number of nitrogens with two attached hydrogens (primary N) is 1. The predicted molar refractivity (Wildman–Crippen MR) is 85.0 cm³/mol. The molecule has 1 heterocycles. The summed E-state index contributed by atoms with van der Waals surface area (Å²) in [6.07, 6.45) is 0. The van der Waals surface area contributed by atoms with Crippen LogP contribution in [0, 0.1) is 0 Å². The number of para-hydroxylation sites is 1. The lowest BCUT2D eigenvalue weighted by molar-refractivity contribution is 1.30. The lowest BCUT2D eigenvalue weighted by Gasteiger charge is -2.04. The van der Waals surface area contributed by atoms with Gasteiger partial charge >= 0.3 is 0 Å². The van der Waals surface area contributed by atoms with Crippen molar-refractivity contribution in [1.82, 2.24) is 4.98 Å². The van der Waals surface area contributed by atoms with Crippen LogP contribution in [0.5, 0.6) is 0 Å². The number of thiazole rings is 1. The number of hydrogen-bond donors (Lipinski definition) is 1. The van der Waals surface area contributed by atoms with Crippen LogP contribution in [-0.4, -0.2) is 4.98 Å². The number of nitrogen functional groups attached to an aromatic ring is 1. The Bertz CT molecular complexity index is 691. The molecule has 19 heavy (non-hydrogen) atoms. The third kappa shape index (κ3) is 2.86. The smallest absolute Gasteiger partial charge is 0.104 e. The number of thioether (sulfide) groups is 1. The van der Waals surface area contributed by atoms with Crippen molar-refractivity contribution in [3.8, 4) is 0 Å². The molecule has 2 nitrogen and oxygen atoms in total. The van der Waals surface area contributed by atoms with E-state index >= 15 is 0 Å². The number of benzene rings is 2. The lowest BCUT2D eigenvalue weighted by Crippen LogP contribution is -1.88. The Balaban J connectivity index is 1.80. The molecule has 96 valence electrons. The Labute approximate surface area is 124 Å². The van der Waals surface area contributed by atoms with E-state index in [2.05, 4.69) is 11.1 Å². The molecule has 0 aliphatic carbocycles. The monoisotopic (exact) mass is 306 g/mol. The maximum atomic E-state index is 5.98. The molecule has 0 fully saturated rings. The van der Waals surface area contributed by atoms with Gasteiger partial charge < -0.3 is 5.73 Å². The minimum Gasteiger partial charge on any atom is -0.398 e. The number of anilines is 1. The van der Waals surface area contributed by atoms with Gasteiger partial charge in [0.25, 0.3) is 0 Å². The average Bonchev–Trinajstić information content (AvgIpc) is 2.82. The zero-order valence-corrected chi connectivity index (χ0v) is 12.4. The molecule has 0 aliphatic heterocycles. The number of rotatable bonds is 3. The number of nitrogens with zero attached hydrogens (tertiary/aromatic N) is 1. The molecule has 0 spiro atoms. The molecule has 0 unspecified atom stereocenters. The van der Waals surface area contributed by atoms with Gasteiger partial charge in [-0.25, -0.2) is 4.98 Å². The fourth-order valence-corrected chi connectivity index (χ4v) is 3.95. The van der Waals surface area contributed by atoms with Gasteiger partial charge in [-0.15, -0.1) is 23.1 Å². The quantitative estimate of drug-likeness (QED) is 0.557. The minimum absolute atomic E-state index is 0.709. The molecule has 0 saturated heterocycles. The van der Waals surface area contributed by atoms with Crippen LogP contribution in [0.3, 0.4) is 0 Å². The van der Waals surface area contributed by atoms with E-state index in [1.54, 1.807) is 29.2 Å². The van der Waals surface area contributed by atoms with Crippen molar-refractivity contribution in [2.75, 3.05) is 5.73 Å². The Hall–Kier alpha value is -1.23. The van der Waals surface area contributed by atoms with Crippen LogP contribution in [0.1, 0.15) is 5.01 Å². The number of hydrogen-bond acceptors (Lipinski definition) is 4. The fraction of sp³-hybridized carbons (Fsp3) is 0.0714. The van der Waals surface area contributed by atoms with Crippen LogP contribution < -0.4 is 5.73 Å². The van der Waals surface area contributed by atoms with Gasteiger partial charge in [-0.2, -0.15) is 0 Å². The third-order valence-corrected chi connectivity index (χ3v) is 5.20. The Morgan fingerprint density at radius 2 is 2.05 bits per heavy atom. The van der Waals surface area contributed by atoms with Crippen LogP contribution in [-0.2, 0) is 5.75 Å². The van der Waals surface area contributed by atoms with E-state index in [0.717, 1.165) is 26.9 Å². The summed E-state index contributed by atoms with van der Waals surface area (Å²) in [7, 11) is 0. The van der Waals surface area contributed by atoms with E-state index in [4.69, 9.17) is 17.3 Å². The summed E-state index contributed by atoms with van der Waals surface area (Å²) in [4.78, 5) is 5.61. The van der Waals surface area contributed by atoms with Gasteiger partial charge in [0.1, 0.15) is 5.01 Å². The maximum Gasteiger partial charge on any atom is 0.104 e. The van der Waals surface area contributed by atoms with Crippen molar-refractivity contribution < 1.29 is 0 Å². The van der Waals surface area contributed by atoms with Gasteiger partial charge in [0.15, 0.2) is 0 Å². The minimum atomic E-state index is 0.709. The Morgan fingerprint density at radius 3 is 2.89 bits per heavy atom. The lowest BCUT2D eigenvalue weighted by atomic mass is 10.3. The molecule has 0 atom stereocenters. The molecule has 3 rings (SSSR count). The third-order valence-electron chi connectivity index (χ3n) is 2.66. The van der Waals surface area contributed by atoms with Crippen molar-refractivity contribution in [2.24, 2.45) is 0 Å². The number of aromatic nitrogens is 1. The second kappa shape index (κ2) is 5.41. The first-order valence-corrected chi connectivity index (χ1v) is 7.92. The van der Waals surface area contributed by atoms with Crippen LogP contribution in [0.25, 0.3) is 10.2 Å². The topological polar surface area (TPSA) is 38.9 Å². The van der Waals surface area contributed by atoms with Crippen LogP contribution in [0.2, 0.25) is 5.02 Å². The van der Waals surface area contributed by atoms with Gasteiger partial charge in [-0.05, 0) is 30.3 Å². The van der Waals surface area contributed by atoms with Crippen molar-refractivity contribution in [2.45, 2.75) is 10.6 Å². The second-order valence-electron chi connectivity index (χ2n) is 4.05. The molecule has 1 aromatic heterocycles. The Kier molecular flexibility index (Phi) is 3.64. The van der Waals surface area contributed by atoms with Crippen molar-refractivity contribution >= 4 is 50.6 Å². The van der Waals surface area contributed by atoms with Crippen molar-refractivity contribution in [3.05, 3.63) is 52.5 Å². The standard InChI is InChI=1S/C14H11ClN2S2/c15-9-5-6-10(16)13(7-9)18-8-14-17-11-3-1-2-4-12(11)19-14/h1-7H,8,16H2. The summed E-state index contributed by atoms with van der Waals surface area (Å²) in [6.45, 7) is 0. The summed E-state index contributed by atoms with van der Waals surface area (Å²) >= 11 is 9.37. The van der Waals surface area contributed by atoms with Crippen molar-refractivity contribution in [3.63, 3.8) is 0 Å². The molecule has 0 bridgehead atoms. The zero-order chi connectivity index (χ0) is 13.2. The molecule has 0 amide bonds.